The highest BCUT2D eigenvalue weighted by Gasteiger charge is 2.13. The molecule has 2 aromatic carbocycles. The molecule has 0 fully saturated rings. The average molecular weight is 272 g/mol. The van der Waals surface area contributed by atoms with E-state index in [1.54, 1.807) is 48.5 Å². The zero-order chi connectivity index (χ0) is 15.1. The molecule has 0 aliphatic rings. The van der Waals surface area contributed by atoms with Crippen molar-refractivity contribution in [1.29, 1.82) is 0 Å². The monoisotopic (exact) mass is 272 g/mol. The Morgan fingerprint density at radius 1 is 0.800 bits per heavy atom. The van der Waals surface area contributed by atoms with Gasteiger partial charge < -0.3 is 9.94 Å². The molecule has 4 nitrogen and oxygen atoms in total. The van der Waals surface area contributed by atoms with Crippen molar-refractivity contribution in [2.75, 3.05) is 0 Å². The topological polar surface area (TPSA) is 51.0 Å². The molecule has 0 aliphatic heterocycles. The zero-order valence-electron chi connectivity index (χ0n) is 12.3. The van der Waals surface area contributed by atoms with Crippen LogP contribution in [0.2, 0.25) is 0 Å². The largest absolute Gasteiger partial charge is 0.805 e. The minimum Gasteiger partial charge on any atom is -0.805 e. The summed E-state index contributed by atoms with van der Waals surface area (Å²) in [5.74, 6) is 0. The van der Waals surface area contributed by atoms with E-state index < -0.39 is 0 Å². The lowest BCUT2D eigenvalue weighted by molar-refractivity contribution is -0.432. The van der Waals surface area contributed by atoms with E-state index in [4.69, 9.17) is 0 Å². The van der Waals surface area contributed by atoms with Gasteiger partial charge in [-0.25, -0.2) is 0 Å². The maximum atomic E-state index is 12.0. The van der Waals surface area contributed by atoms with Gasteiger partial charge in [-0.1, -0.05) is 52.0 Å². The molecular weight excluding hydrogens is 252 g/mol. The van der Waals surface area contributed by atoms with Crippen LogP contribution in [0.15, 0.2) is 48.5 Å². The molecule has 0 amide bonds. The van der Waals surface area contributed by atoms with Crippen molar-refractivity contribution in [1.82, 2.24) is 4.73 Å². The predicted octanol–water partition coefficient (Wildman–Crippen LogP) is 4.11. The summed E-state index contributed by atoms with van der Waals surface area (Å²) in [6.45, 7) is 8.00. The van der Waals surface area contributed by atoms with E-state index in [1.165, 1.54) is 0 Å². The number of hydrogen-bond acceptors (Lipinski definition) is 2. The van der Waals surface area contributed by atoms with Gasteiger partial charge in [0, 0.05) is 17.0 Å². The molecule has 0 saturated heterocycles. The van der Waals surface area contributed by atoms with Gasteiger partial charge in [-0.2, -0.15) is 0 Å². The molecule has 0 atom stereocenters. The number of aromatic nitrogens is 2. The lowest BCUT2D eigenvalue weighted by Crippen LogP contribution is -2.19. The van der Waals surface area contributed by atoms with Crippen LogP contribution in [-0.4, -0.2) is 4.73 Å². The number of hydrogen-bond donors (Lipinski definition) is 0. The first-order valence-electron chi connectivity index (χ1n) is 6.91. The molecule has 20 heavy (non-hydrogen) atoms. The third-order valence-electron chi connectivity index (χ3n) is 2.64. The van der Waals surface area contributed by atoms with E-state index >= 15 is 0 Å². The second-order valence-electron chi connectivity index (χ2n) is 3.57. The fourth-order valence-electron chi connectivity index (χ4n) is 1.87. The predicted molar refractivity (Wildman–Crippen MR) is 84.3 cm³/mol. The number of fused-ring (bicyclic) bond motifs is 2. The highest BCUT2D eigenvalue weighted by Crippen LogP contribution is 2.15. The smallest absolute Gasteiger partial charge is 0.286 e. The maximum Gasteiger partial charge on any atom is 0.286 e. The van der Waals surface area contributed by atoms with E-state index in [0.29, 0.717) is 22.1 Å². The van der Waals surface area contributed by atoms with Crippen molar-refractivity contribution in [3.63, 3.8) is 0 Å². The van der Waals surface area contributed by atoms with Crippen LogP contribution in [0.4, 0.5) is 0 Å². The van der Waals surface area contributed by atoms with E-state index in [-0.39, 0.29) is 0 Å². The summed E-state index contributed by atoms with van der Waals surface area (Å²) in [6, 6.07) is 13.5. The number of para-hydroxylation sites is 4. The van der Waals surface area contributed by atoms with Crippen LogP contribution in [0.1, 0.15) is 27.7 Å². The Bertz CT molecular complexity index is 688. The number of rotatable bonds is 0. The third-order valence-corrected chi connectivity index (χ3v) is 2.64. The first-order valence-corrected chi connectivity index (χ1v) is 6.91. The zero-order valence-corrected chi connectivity index (χ0v) is 12.3. The van der Waals surface area contributed by atoms with Gasteiger partial charge in [-0.05, 0) is 12.1 Å². The normalized spacial score (nSPS) is 9.40. The second kappa shape index (κ2) is 7.28. The fourth-order valence-corrected chi connectivity index (χ4v) is 1.87. The highest BCUT2D eigenvalue weighted by atomic mass is 16.5. The molecule has 3 rings (SSSR count). The summed E-state index contributed by atoms with van der Waals surface area (Å²) in [5, 5.41) is 12.0. The van der Waals surface area contributed by atoms with Crippen LogP contribution in [-0.2, 0) is 0 Å². The Balaban J connectivity index is 0.000000461. The van der Waals surface area contributed by atoms with Crippen LogP contribution in [0.3, 0.4) is 0 Å². The molecule has 0 radical (unpaired) electrons. The SMILES string of the molecule is CC.CC.O=[n+]1c2ccccc2n([O-])c2ccccc21. The molecule has 3 aromatic rings. The van der Waals surface area contributed by atoms with Gasteiger partial charge >= 0.3 is 0 Å². The van der Waals surface area contributed by atoms with Crippen molar-refractivity contribution < 1.29 is 4.43 Å². The number of benzene rings is 2. The Morgan fingerprint density at radius 3 is 1.55 bits per heavy atom. The molecule has 0 unspecified atom stereocenters. The average Bonchev–Trinajstić information content (AvgIpc) is 2.56. The van der Waals surface area contributed by atoms with Crippen LogP contribution in [0.25, 0.3) is 22.1 Å². The molecule has 0 aliphatic carbocycles. The first-order chi connectivity index (χ1) is 9.79. The summed E-state index contributed by atoms with van der Waals surface area (Å²) >= 11 is 0. The van der Waals surface area contributed by atoms with Crippen LogP contribution < -0.4 is 4.43 Å². The molecular formula is C16H20N2O2. The number of nitrogens with zero attached hydrogens (tertiary/aromatic N) is 2. The Morgan fingerprint density at radius 2 is 1.15 bits per heavy atom. The summed E-state index contributed by atoms with van der Waals surface area (Å²) in [6.07, 6.45) is 0. The second-order valence-corrected chi connectivity index (χ2v) is 3.57. The van der Waals surface area contributed by atoms with Crippen LogP contribution in [0.5, 0.6) is 0 Å². The van der Waals surface area contributed by atoms with E-state index in [0.717, 1.165) is 9.16 Å². The van der Waals surface area contributed by atoms with Gasteiger partial charge in [-0.3, -0.25) is 0 Å². The standard InChI is InChI=1S/C12H8N2O2.2C2H6/c15-13-9-5-1-2-6-10(9)14(16)12-8-4-3-7-11(12)13;2*1-2/h1-8H;2*1-2H3. The Labute approximate surface area is 118 Å². The van der Waals surface area contributed by atoms with Crippen molar-refractivity contribution in [3.8, 4) is 0 Å². The highest BCUT2D eigenvalue weighted by molar-refractivity contribution is 5.82. The van der Waals surface area contributed by atoms with Gasteiger partial charge in [0.25, 0.3) is 11.0 Å². The minimum absolute atomic E-state index is 0.385. The van der Waals surface area contributed by atoms with Crippen molar-refractivity contribution in [3.05, 3.63) is 58.6 Å². The summed E-state index contributed by atoms with van der Waals surface area (Å²) < 4.78 is 1.58. The molecule has 0 bridgehead atoms. The van der Waals surface area contributed by atoms with E-state index in [1.807, 2.05) is 27.7 Å². The summed E-state index contributed by atoms with van der Waals surface area (Å²) in [5.41, 5.74) is 1.54. The summed E-state index contributed by atoms with van der Waals surface area (Å²) in [4.78, 5) is 12.0. The third kappa shape index (κ3) is 2.64. The molecule has 106 valence electrons. The van der Waals surface area contributed by atoms with Gasteiger partial charge in [0.1, 0.15) is 11.0 Å². The molecule has 0 saturated carbocycles. The van der Waals surface area contributed by atoms with Gasteiger partial charge in [0.05, 0.1) is 4.43 Å². The molecule has 4 heteroatoms. The minimum atomic E-state index is 0.385. The van der Waals surface area contributed by atoms with Gasteiger partial charge in [0.2, 0.25) is 0 Å². The van der Waals surface area contributed by atoms with Crippen LogP contribution >= 0.6 is 0 Å². The van der Waals surface area contributed by atoms with Gasteiger partial charge in [-0.15, -0.1) is 0 Å². The lowest BCUT2D eigenvalue weighted by Gasteiger charge is -2.13. The quantitative estimate of drug-likeness (QED) is 0.457. The van der Waals surface area contributed by atoms with E-state index in [2.05, 4.69) is 0 Å². The van der Waals surface area contributed by atoms with Gasteiger partial charge in [0.15, 0.2) is 0 Å². The van der Waals surface area contributed by atoms with Crippen molar-refractivity contribution in [2.24, 2.45) is 0 Å². The first kappa shape index (κ1) is 15.7. The van der Waals surface area contributed by atoms with Crippen LogP contribution in [0, 0.1) is 10.1 Å². The Hall–Kier alpha value is -2.36. The van der Waals surface area contributed by atoms with Crippen molar-refractivity contribution >= 4 is 22.1 Å². The maximum absolute atomic E-state index is 12.0. The molecule has 1 heterocycles. The molecule has 1 aromatic heterocycles. The fraction of sp³-hybridized carbons (Fsp3) is 0.250. The molecule has 0 N–H and O–H groups in total. The molecule has 0 spiro atoms. The lowest BCUT2D eigenvalue weighted by atomic mass is 10.2. The Kier molecular flexibility index (Phi) is 5.72. The van der Waals surface area contributed by atoms with E-state index in [9.17, 15) is 10.1 Å². The van der Waals surface area contributed by atoms with Crippen molar-refractivity contribution in [2.45, 2.75) is 27.7 Å². The summed E-state index contributed by atoms with van der Waals surface area (Å²) in [7, 11) is 0.